The van der Waals surface area contributed by atoms with Crippen LogP contribution in [0.1, 0.15) is 10.6 Å². The second-order valence-corrected chi connectivity index (χ2v) is 11.0. The molecule has 12 heteroatoms. The van der Waals surface area contributed by atoms with Gasteiger partial charge in [0.25, 0.3) is 0 Å². The summed E-state index contributed by atoms with van der Waals surface area (Å²) in [6.07, 6.45) is -2.18. The zero-order valence-corrected chi connectivity index (χ0v) is 20.2. The maximum Gasteiger partial charge on any atom is 0.573 e. The lowest BCUT2D eigenvalue weighted by Crippen LogP contribution is -2.44. The third kappa shape index (κ3) is 6.05. The lowest BCUT2D eigenvalue weighted by Gasteiger charge is -2.33. The molecule has 0 aliphatic carbocycles. The Hall–Kier alpha value is -2.70. The number of sulfone groups is 1. The van der Waals surface area contributed by atoms with Crippen LogP contribution in [-0.2, 0) is 16.3 Å². The summed E-state index contributed by atoms with van der Waals surface area (Å²) in [7, 11) is -1.51. The Bertz CT molecular complexity index is 1250. The molecule has 0 radical (unpaired) electrons. The number of nitrogens with zero attached hydrogens (tertiary/aromatic N) is 4. The highest BCUT2D eigenvalue weighted by molar-refractivity contribution is 7.90. The number of aromatic nitrogens is 2. The molecule has 3 heterocycles. The van der Waals surface area contributed by atoms with Gasteiger partial charge in [-0.1, -0.05) is 0 Å². The van der Waals surface area contributed by atoms with Crippen molar-refractivity contribution in [3.8, 4) is 17.0 Å². The van der Waals surface area contributed by atoms with Gasteiger partial charge in [-0.05, 0) is 37.4 Å². The summed E-state index contributed by atoms with van der Waals surface area (Å²) in [6, 6.07) is 7.17. The summed E-state index contributed by atoms with van der Waals surface area (Å²) in [6.45, 7) is 3.75. The van der Waals surface area contributed by atoms with Gasteiger partial charge in [-0.2, -0.15) is 0 Å². The topological polar surface area (TPSA) is 75.6 Å². The zero-order chi connectivity index (χ0) is 24.5. The molecule has 0 unspecified atom stereocenters. The van der Waals surface area contributed by atoms with Gasteiger partial charge in [-0.15, -0.1) is 24.5 Å². The van der Waals surface area contributed by atoms with Crippen LogP contribution in [0.5, 0.6) is 5.75 Å². The molecule has 1 aliphatic heterocycles. The van der Waals surface area contributed by atoms with Gasteiger partial charge < -0.3 is 14.5 Å². The van der Waals surface area contributed by atoms with Crippen LogP contribution in [0.2, 0.25) is 0 Å². The number of piperazine rings is 1. The number of rotatable bonds is 6. The monoisotopic (exact) mass is 512 g/mol. The van der Waals surface area contributed by atoms with E-state index in [1.165, 1.54) is 17.4 Å². The highest BCUT2D eigenvalue weighted by Crippen LogP contribution is 2.32. The third-order valence-corrected chi connectivity index (χ3v) is 7.41. The maximum absolute atomic E-state index is 12.8. The number of hydrogen-bond donors (Lipinski definition) is 0. The van der Waals surface area contributed by atoms with Gasteiger partial charge in [0.1, 0.15) is 11.6 Å². The summed E-state index contributed by atoms with van der Waals surface area (Å²) >= 11 is 1.27. The molecule has 0 saturated carbocycles. The summed E-state index contributed by atoms with van der Waals surface area (Å²) in [5, 5.41) is 2.32. The molecule has 0 spiro atoms. The van der Waals surface area contributed by atoms with Gasteiger partial charge in [-0.25, -0.2) is 18.4 Å². The Labute approximate surface area is 199 Å². The predicted octanol–water partition coefficient (Wildman–Crippen LogP) is 3.85. The largest absolute Gasteiger partial charge is 0.573 e. The number of alkyl halides is 3. The molecule has 7 nitrogen and oxygen atoms in total. The Balaban J connectivity index is 1.54. The quantitative estimate of drug-likeness (QED) is 0.497. The van der Waals surface area contributed by atoms with Gasteiger partial charge in [0.15, 0.2) is 9.84 Å². The van der Waals surface area contributed by atoms with Crippen molar-refractivity contribution in [3.63, 3.8) is 0 Å². The number of thiazole rings is 1. The first-order valence-electron chi connectivity index (χ1n) is 10.4. The molecule has 182 valence electrons. The van der Waals surface area contributed by atoms with E-state index in [1.807, 2.05) is 12.1 Å². The van der Waals surface area contributed by atoms with E-state index in [1.54, 1.807) is 11.6 Å². The predicted molar refractivity (Wildman–Crippen MR) is 124 cm³/mol. The fourth-order valence-corrected chi connectivity index (χ4v) is 5.09. The molecule has 34 heavy (non-hydrogen) atoms. The molecule has 0 bridgehead atoms. The van der Waals surface area contributed by atoms with E-state index in [0.29, 0.717) is 10.7 Å². The first-order valence-corrected chi connectivity index (χ1v) is 13.2. The van der Waals surface area contributed by atoms with E-state index < -0.39 is 21.9 Å². The fourth-order valence-electron chi connectivity index (χ4n) is 3.60. The smallest absolute Gasteiger partial charge is 0.405 e. The third-order valence-electron chi connectivity index (χ3n) is 5.45. The summed E-state index contributed by atoms with van der Waals surface area (Å²) < 4.78 is 66.4. The van der Waals surface area contributed by atoms with Gasteiger partial charge >= 0.3 is 6.36 Å². The Morgan fingerprint density at radius 1 is 1.12 bits per heavy atom. The average Bonchev–Trinajstić information content (AvgIpc) is 3.22. The van der Waals surface area contributed by atoms with Crippen molar-refractivity contribution >= 4 is 27.0 Å². The zero-order valence-electron chi connectivity index (χ0n) is 18.5. The minimum Gasteiger partial charge on any atom is -0.405 e. The molecule has 0 N–H and O–H groups in total. The second kappa shape index (κ2) is 9.51. The Morgan fingerprint density at radius 3 is 2.47 bits per heavy atom. The SMILES string of the molecule is CN1CCN(c2ccc(-c3csc(Cc4cc(S(C)(=O)=O)ccc4OC(F)(F)F)n3)cn2)CC1. The van der Waals surface area contributed by atoms with Crippen molar-refractivity contribution in [2.45, 2.75) is 17.7 Å². The van der Waals surface area contributed by atoms with Crippen LogP contribution >= 0.6 is 11.3 Å². The van der Waals surface area contributed by atoms with Gasteiger partial charge in [0.2, 0.25) is 0 Å². The molecule has 1 fully saturated rings. The van der Waals surface area contributed by atoms with E-state index in [-0.39, 0.29) is 16.9 Å². The molecule has 1 aromatic carbocycles. The summed E-state index contributed by atoms with van der Waals surface area (Å²) in [4.78, 5) is 13.5. The Kier molecular flexibility index (Phi) is 6.83. The average molecular weight is 513 g/mol. The maximum atomic E-state index is 12.8. The number of halogens is 3. The standard InChI is InChI=1S/C22H23F3N4O3S2/c1-28-7-9-29(10-8-28)20-6-3-15(13-26-20)18-14-33-21(27-18)12-16-11-17(34(2,30)31)4-5-19(16)32-22(23,24)25/h3-6,11,13-14H,7-10,12H2,1-2H3. The van der Waals surface area contributed by atoms with Crippen molar-refractivity contribution < 1.29 is 26.3 Å². The van der Waals surface area contributed by atoms with E-state index in [2.05, 4.69) is 31.6 Å². The fraction of sp³-hybridized carbons (Fsp3) is 0.364. The van der Waals surface area contributed by atoms with Gasteiger partial charge in [0, 0.05) is 61.6 Å². The van der Waals surface area contributed by atoms with E-state index in [4.69, 9.17) is 0 Å². The number of hydrogen-bond acceptors (Lipinski definition) is 8. The molecular formula is C22H23F3N4O3S2. The first-order chi connectivity index (χ1) is 16.0. The molecule has 0 atom stereocenters. The minimum absolute atomic E-state index is 0.00769. The second-order valence-electron chi connectivity index (χ2n) is 8.09. The molecule has 4 rings (SSSR count). The minimum atomic E-state index is -4.90. The van der Waals surface area contributed by atoms with E-state index >= 15 is 0 Å². The van der Waals surface area contributed by atoms with Crippen LogP contribution in [0.3, 0.4) is 0 Å². The molecular weight excluding hydrogens is 489 g/mol. The Morgan fingerprint density at radius 2 is 1.85 bits per heavy atom. The molecule has 1 aliphatic rings. The van der Waals surface area contributed by atoms with Crippen LogP contribution < -0.4 is 9.64 Å². The van der Waals surface area contributed by atoms with Gasteiger partial charge in [-0.3, -0.25) is 0 Å². The van der Waals surface area contributed by atoms with Crippen LogP contribution in [0.4, 0.5) is 19.0 Å². The van der Waals surface area contributed by atoms with Crippen LogP contribution in [0.25, 0.3) is 11.3 Å². The lowest BCUT2D eigenvalue weighted by atomic mass is 10.1. The lowest BCUT2D eigenvalue weighted by molar-refractivity contribution is -0.274. The number of pyridine rings is 1. The van der Waals surface area contributed by atoms with Gasteiger partial charge in [0.05, 0.1) is 15.6 Å². The van der Waals surface area contributed by atoms with E-state index in [9.17, 15) is 21.6 Å². The highest BCUT2D eigenvalue weighted by Gasteiger charge is 2.32. The normalized spacial score (nSPS) is 15.5. The summed E-state index contributed by atoms with van der Waals surface area (Å²) in [5.41, 5.74) is 1.52. The number of likely N-dealkylation sites (N-methyl/N-ethyl adjacent to an activating group) is 1. The molecule has 3 aromatic rings. The van der Waals surface area contributed by atoms with Crippen LogP contribution in [0.15, 0.2) is 46.8 Å². The van der Waals surface area contributed by atoms with Crippen LogP contribution in [-0.4, -0.2) is 69.1 Å². The molecule has 1 saturated heterocycles. The highest BCUT2D eigenvalue weighted by atomic mass is 32.2. The van der Waals surface area contributed by atoms with Crippen molar-refractivity contribution in [1.82, 2.24) is 14.9 Å². The number of ether oxygens (including phenoxy) is 1. The molecule has 0 amide bonds. The van der Waals surface area contributed by atoms with Crippen molar-refractivity contribution in [3.05, 3.63) is 52.5 Å². The van der Waals surface area contributed by atoms with Crippen molar-refractivity contribution in [2.75, 3.05) is 44.4 Å². The number of anilines is 1. The van der Waals surface area contributed by atoms with Crippen LogP contribution in [0, 0.1) is 0 Å². The molecule has 2 aromatic heterocycles. The summed E-state index contributed by atoms with van der Waals surface area (Å²) in [5.74, 6) is 0.439. The first kappa shape index (κ1) is 24.4. The van der Waals surface area contributed by atoms with Crippen molar-refractivity contribution in [2.24, 2.45) is 0 Å². The van der Waals surface area contributed by atoms with Crippen molar-refractivity contribution in [1.29, 1.82) is 0 Å². The number of benzene rings is 1. The van der Waals surface area contributed by atoms with E-state index in [0.717, 1.165) is 55.9 Å².